The van der Waals surface area contributed by atoms with Crippen LogP contribution in [0, 0.1) is 23.0 Å². The second-order valence-corrected chi connectivity index (χ2v) is 14.2. The molecule has 1 amide bonds. The van der Waals surface area contributed by atoms with E-state index in [0.29, 0.717) is 18.4 Å². The van der Waals surface area contributed by atoms with Crippen LogP contribution in [-0.4, -0.2) is 41.9 Å². The summed E-state index contributed by atoms with van der Waals surface area (Å²) in [6.07, 6.45) is 1.80. The predicted molar refractivity (Wildman–Crippen MR) is 184 cm³/mol. The molecular formula is C38H35F2N3O7S. The number of nitrogens with one attached hydrogen (secondary N) is 1. The van der Waals surface area contributed by atoms with E-state index in [0.717, 1.165) is 22.1 Å². The number of hydrogen-bond donors (Lipinski definition) is 1. The van der Waals surface area contributed by atoms with Crippen LogP contribution in [0.25, 0.3) is 0 Å². The van der Waals surface area contributed by atoms with Crippen LogP contribution in [0.1, 0.15) is 65.5 Å². The van der Waals surface area contributed by atoms with Gasteiger partial charge in [-0.15, -0.1) is 11.8 Å². The SMILES string of the molecule is CC(C)[C@@H](NC(=O)OCc1ccccc1)C(=O)OCOc1c2n(ccc1=O)N(C1c3ccccc3SCc3c1ccc(F)c3F)CC1(CC1)C2=O. The Morgan fingerprint density at radius 2 is 1.71 bits per heavy atom. The maximum atomic E-state index is 15.4. The summed E-state index contributed by atoms with van der Waals surface area (Å²) < 4.78 is 47.9. The molecule has 3 aliphatic rings. The number of ketones is 1. The van der Waals surface area contributed by atoms with Crippen LogP contribution in [0.5, 0.6) is 5.75 Å². The number of aromatic nitrogens is 1. The predicted octanol–water partition coefficient (Wildman–Crippen LogP) is 6.27. The summed E-state index contributed by atoms with van der Waals surface area (Å²) in [4.78, 5) is 53.9. The van der Waals surface area contributed by atoms with Crippen LogP contribution in [-0.2, 0) is 26.6 Å². The quantitative estimate of drug-likeness (QED) is 0.158. The first-order chi connectivity index (χ1) is 24.6. The lowest BCUT2D eigenvalue weighted by Crippen LogP contribution is -2.52. The second-order valence-electron chi connectivity index (χ2n) is 13.2. The van der Waals surface area contributed by atoms with Gasteiger partial charge in [-0.05, 0) is 47.6 Å². The Kier molecular flexibility index (Phi) is 9.32. The highest BCUT2D eigenvalue weighted by atomic mass is 32.2. The van der Waals surface area contributed by atoms with Crippen molar-refractivity contribution < 1.29 is 37.4 Å². The number of nitrogens with zero attached hydrogens (tertiary/aromatic N) is 2. The molecule has 1 aromatic heterocycles. The molecule has 10 nitrogen and oxygen atoms in total. The third-order valence-electron chi connectivity index (χ3n) is 9.55. The number of fused-ring (bicyclic) bond motifs is 3. The van der Waals surface area contributed by atoms with Crippen LogP contribution in [0.4, 0.5) is 13.6 Å². The lowest BCUT2D eigenvalue weighted by atomic mass is 9.89. The fourth-order valence-electron chi connectivity index (χ4n) is 6.64. The average Bonchev–Trinajstić information content (AvgIpc) is 3.93. The molecule has 3 heterocycles. The van der Waals surface area contributed by atoms with Crippen molar-refractivity contribution in [2.24, 2.45) is 11.3 Å². The van der Waals surface area contributed by atoms with E-state index in [2.05, 4.69) is 5.32 Å². The number of carbonyl (C=O) groups is 3. The molecule has 1 unspecified atom stereocenters. The van der Waals surface area contributed by atoms with Gasteiger partial charge in [-0.1, -0.05) is 68.4 Å². The van der Waals surface area contributed by atoms with Gasteiger partial charge in [0.05, 0.1) is 11.5 Å². The molecule has 1 N–H and O–H groups in total. The molecular weight excluding hydrogens is 680 g/mol. The minimum absolute atomic E-state index is 0.00787. The molecule has 3 aromatic carbocycles. The van der Waals surface area contributed by atoms with Crippen LogP contribution < -0.4 is 20.5 Å². The summed E-state index contributed by atoms with van der Waals surface area (Å²) in [6.45, 7) is 2.99. The number of pyridine rings is 1. The molecule has 264 valence electrons. The minimum Gasteiger partial charge on any atom is -0.451 e. The molecule has 0 bridgehead atoms. The van der Waals surface area contributed by atoms with Crippen LogP contribution >= 0.6 is 11.8 Å². The molecule has 7 rings (SSSR count). The highest BCUT2D eigenvalue weighted by Crippen LogP contribution is 2.54. The first kappa shape index (κ1) is 34.3. The highest BCUT2D eigenvalue weighted by molar-refractivity contribution is 7.98. The molecule has 1 aliphatic carbocycles. The monoisotopic (exact) mass is 715 g/mol. The van der Waals surface area contributed by atoms with Crippen molar-refractivity contribution in [1.82, 2.24) is 9.99 Å². The molecule has 1 fully saturated rings. The number of esters is 1. The summed E-state index contributed by atoms with van der Waals surface area (Å²) in [5, 5.41) is 4.43. The molecule has 0 saturated heterocycles. The van der Waals surface area contributed by atoms with Crippen molar-refractivity contribution in [3.05, 3.63) is 129 Å². The molecule has 2 atom stereocenters. The number of benzene rings is 3. The van der Waals surface area contributed by atoms with Gasteiger partial charge < -0.3 is 19.5 Å². The maximum Gasteiger partial charge on any atom is 0.408 e. The third-order valence-corrected chi connectivity index (χ3v) is 10.7. The third kappa shape index (κ3) is 6.58. The Balaban J connectivity index is 1.16. The maximum absolute atomic E-state index is 15.4. The lowest BCUT2D eigenvalue weighted by Gasteiger charge is -2.43. The normalized spacial score (nSPS) is 17.5. The second kappa shape index (κ2) is 13.9. The summed E-state index contributed by atoms with van der Waals surface area (Å²) in [6, 6.07) is 18.9. The van der Waals surface area contributed by atoms with E-state index >= 15 is 4.39 Å². The van der Waals surface area contributed by atoms with E-state index < -0.39 is 53.4 Å². The summed E-state index contributed by atoms with van der Waals surface area (Å²) in [7, 11) is 0. The zero-order valence-corrected chi connectivity index (χ0v) is 28.7. The number of ether oxygens (including phenoxy) is 3. The number of carbonyl (C=O) groups excluding carboxylic acids is 3. The van der Waals surface area contributed by atoms with Crippen LogP contribution in [0.2, 0.25) is 0 Å². The summed E-state index contributed by atoms with van der Waals surface area (Å²) in [5.41, 5.74) is 0.949. The molecule has 1 saturated carbocycles. The van der Waals surface area contributed by atoms with Gasteiger partial charge in [0.15, 0.2) is 28.9 Å². The number of rotatable bonds is 9. The molecule has 1 spiro atoms. The van der Waals surface area contributed by atoms with Gasteiger partial charge in [0.2, 0.25) is 12.2 Å². The van der Waals surface area contributed by atoms with E-state index in [4.69, 9.17) is 14.2 Å². The highest BCUT2D eigenvalue weighted by Gasteiger charge is 2.57. The first-order valence-corrected chi connectivity index (χ1v) is 17.6. The molecule has 51 heavy (non-hydrogen) atoms. The van der Waals surface area contributed by atoms with Crippen LogP contribution in [0.3, 0.4) is 0 Å². The van der Waals surface area contributed by atoms with E-state index in [-0.39, 0.29) is 47.6 Å². The van der Waals surface area contributed by atoms with E-state index in [1.54, 1.807) is 36.7 Å². The summed E-state index contributed by atoms with van der Waals surface area (Å²) >= 11 is 1.40. The van der Waals surface area contributed by atoms with E-state index in [9.17, 15) is 23.6 Å². The topological polar surface area (TPSA) is 116 Å². The number of alkyl carbamates (subject to hydrolysis) is 1. The van der Waals surface area contributed by atoms with Crippen LogP contribution in [0.15, 0.2) is 88.7 Å². The van der Waals surface area contributed by atoms with Gasteiger partial charge >= 0.3 is 12.1 Å². The Morgan fingerprint density at radius 3 is 2.45 bits per heavy atom. The number of Topliss-reactive ketones (excluding diaryl/α,β-unsaturated/α-hetero) is 1. The average molecular weight is 716 g/mol. The number of hydrogen-bond acceptors (Lipinski definition) is 9. The minimum atomic E-state index is -1.09. The van der Waals surface area contributed by atoms with Gasteiger partial charge in [-0.25, -0.2) is 18.4 Å². The Morgan fingerprint density at radius 1 is 0.961 bits per heavy atom. The lowest BCUT2D eigenvalue weighted by molar-refractivity contribution is -0.153. The summed E-state index contributed by atoms with van der Waals surface area (Å²) in [5.74, 6) is -3.46. The van der Waals surface area contributed by atoms with Crippen molar-refractivity contribution in [3.63, 3.8) is 0 Å². The largest absolute Gasteiger partial charge is 0.451 e. The van der Waals surface area contributed by atoms with Crippen molar-refractivity contribution in [2.45, 2.75) is 56.0 Å². The fraction of sp³-hybridized carbons (Fsp3) is 0.316. The van der Waals surface area contributed by atoms with Crippen molar-refractivity contribution in [3.8, 4) is 5.75 Å². The Hall–Kier alpha value is -5.17. The molecule has 13 heteroatoms. The Bertz CT molecular complexity index is 2070. The van der Waals surface area contributed by atoms with E-state index in [1.807, 2.05) is 47.5 Å². The Labute approximate surface area is 296 Å². The fourth-order valence-corrected chi connectivity index (χ4v) is 7.76. The number of thioether (sulfide) groups is 1. The number of halogens is 2. The molecule has 4 aromatic rings. The smallest absolute Gasteiger partial charge is 0.408 e. The zero-order valence-electron chi connectivity index (χ0n) is 27.9. The number of amides is 1. The van der Waals surface area contributed by atoms with Gasteiger partial charge in [0.25, 0.3) is 0 Å². The molecule has 0 radical (unpaired) electrons. The van der Waals surface area contributed by atoms with Crippen molar-refractivity contribution >= 4 is 29.6 Å². The van der Waals surface area contributed by atoms with Crippen molar-refractivity contribution in [2.75, 3.05) is 18.3 Å². The zero-order chi connectivity index (χ0) is 35.9. The van der Waals surface area contributed by atoms with Gasteiger partial charge in [0.1, 0.15) is 12.6 Å². The van der Waals surface area contributed by atoms with Gasteiger partial charge in [-0.2, -0.15) is 0 Å². The standard InChI is InChI=1S/C38H35F2N3O7S/c1-22(2)31(41-37(47)48-18-23-8-4-3-5-9-23)36(46)50-21-49-34-28(44)14-17-42-33(34)35(45)38(15-16-38)20-43(42)32-24-12-13-27(39)30(40)26(24)19-51-29-11-7-6-10-25(29)32/h3-14,17,22,31-32H,15-16,18-21H2,1-2H3,(H,41,47)/t31-,32?/m1/s1. The van der Waals surface area contributed by atoms with Crippen molar-refractivity contribution in [1.29, 1.82) is 0 Å². The van der Waals surface area contributed by atoms with Gasteiger partial charge in [-0.3, -0.25) is 19.3 Å². The van der Waals surface area contributed by atoms with Gasteiger partial charge in [0, 0.05) is 35.0 Å². The first-order valence-electron chi connectivity index (χ1n) is 16.6. The van der Waals surface area contributed by atoms with E-state index in [1.165, 1.54) is 24.0 Å². The molecule has 2 aliphatic heterocycles.